The smallest absolute Gasteiger partial charge is 0.448 e. The standard InChI is InChI=1S/C9H17BF3N2.K/c1-14-4-2-9(6-14)3-5-15(7-9)8-10(11,12)13;/h2-8H2,1H3;/q-1;+1. The van der Waals surface area contributed by atoms with Crippen LogP contribution in [0.3, 0.4) is 0 Å². The van der Waals surface area contributed by atoms with Crippen LogP contribution in [0.1, 0.15) is 12.8 Å². The molecule has 2 aliphatic rings. The molecule has 1 unspecified atom stereocenters. The number of hydrogen-bond acceptors (Lipinski definition) is 2. The van der Waals surface area contributed by atoms with Gasteiger partial charge >= 0.3 is 58.4 Å². The molecule has 0 amide bonds. The molecule has 7 heteroatoms. The molecule has 0 radical (unpaired) electrons. The van der Waals surface area contributed by atoms with Crippen LogP contribution in [0.2, 0.25) is 0 Å². The van der Waals surface area contributed by atoms with Crippen molar-refractivity contribution in [1.29, 1.82) is 0 Å². The first-order chi connectivity index (χ1) is 6.89. The van der Waals surface area contributed by atoms with Crippen LogP contribution in [0.5, 0.6) is 0 Å². The van der Waals surface area contributed by atoms with E-state index in [1.807, 2.05) is 7.05 Å². The molecule has 0 aliphatic carbocycles. The second-order valence-corrected chi connectivity index (χ2v) is 5.18. The predicted molar refractivity (Wildman–Crippen MR) is 54.7 cm³/mol. The Kier molecular flexibility index (Phi) is 5.40. The van der Waals surface area contributed by atoms with E-state index in [1.54, 1.807) is 4.90 Å². The number of likely N-dealkylation sites (tertiary alicyclic amines) is 2. The first kappa shape index (κ1) is 15.5. The number of hydrogen-bond donors (Lipinski definition) is 0. The van der Waals surface area contributed by atoms with Gasteiger partial charge in [0, 0.05) is 13.1 Å². The van der Waals surface area contributed by atoms with Gasteiger partial charge in [0.05, 0.1) is 0 Å². The van der Waals surface area contributed by atoms with Gasteiger partial charge < -0.3 is 22.7 Å². The van der Waals surface area contributed by atoms with Crippen LogP contribution in [0, 0.1) is 5.41 Å². The van der Waals surface area contributed by atoms with Gasteiger partial charge in [0.1, 0.15) is 0 Å². The Bertz CT molecular complexity index is 251. The minimum atomic E-state index is -4.65. The van der Waals surface area contributed by atoms with Crippen molar-refractivity contribution in [2.45, 2.75) is 12.8 Å². The molecule has 88 valence electrons. The molecule has 0 saturated carbocycles. The van der Waals surface area contributed by atoms with E-state index in [2.05, 4.69) is 4.90 Å². The molecule has 0 N–H and O–H groups in total. The van der Waals surface area contributed by atoms with Gasteiger partial charge in [-0.2, -0.15) is 0 Å². The fourth-order valence-corrected chi connectivity index (χ4v) is 2.97. The number of halogens is 3. The van der Waals surface area contributed by atoms with Crippen molar-refractivity contribution in [3.05, 3.63) is 0 Å². The minimum Gasteiger partial charge on any atom is -0.448 e. The summed E-state index contributed by atoms with van der Waals surface area (Å²) in [6.07, 6.45) is 1.32. The van der Waals surface area contributed by atoms with Crippen LogP contribution in [0.25, 0.3) is 0 Å². The van der Waals surface area contributed by atoms with Crippen LogP contribution >= 0.6 is 0 Å². The summed E-state index contributed by atoms with van der Waals surface area (Å²) in [5, 5.41) is 0. The van der Waals surface area contributed by atoms with Crippen molar-refractivity contribution >= 4 is 6.98 Å². The van der Waals surface area contributed by atoms with Gasteiger partial charge in [-0.1, -0.05) is 0 Å². The predicted octanol–water partition coefficient (Wildman–Crippen LogP) is -1.60. The van der Waals surface area contributed by atoms with Gasteiger partial charge in [-0.05, 0) is 44.8 Å². The first-order valence-corrected chi connectivity index (χ1v) is 5.51. The van der Waals surface area contributed by atoms with Crippen molar-refractivity contribution in [3.63, 3.8) is 0 Å². The van der Waals surface area contributed by atoms with Crippen molar-refractivity contribution in [2.24, 2.45) is 5.41 Å². The number of rotatable bonds is 2. The fourth-order valence-electron chi connectivity index (χ4n) is 2.97. The molecule has 2 heterocycles. The largest absolute Gasteiger partial charge is 1.00 e. The summed E-state index contributed by atoms with van der Waals surface area (Å²) in [5.74, 6) is 0. The molecule has 2 fully saturated rings. The summed E-state index contributed by atoms with van der Waals surface area (Å²) < 4.78 is 36.8. The van der Waals surface area contributed by atoms with Crippen LogP contribution in [0.15, 0.2) is 0 Å². The summed E-state index contributed by atoms with van der Waals surface area (Å²) in [7, 11) is 2.05. The summed E-state index contributed by atoms with van der Waals surface area (Å²) in [6, 6.07) is 0. The molecule has 1 spiro atoms. The Morgan fingerprint density at radius 3 is 2.25 bits per heavy atom. The molecule has 2 rings (SSSR count). The maximum absolute atomic E-state index is 12.3. The number of nitrogens with zero attached hydrogens (tertiary/aromatic N) is 2. The molecule has 2 nitrogen and oxygen atoms in total. The third-order valence-corrected chi connectivity index (χ3v) is 3.61. The quantitative estimate of drug-likeness (QED) is 0.552. The molecule has 0 aromatic carbocycles. The van der Waals surface area contributed by atoms with Gasteiger partial charge in [0.2, 0.25) is 0 Å². The average Bonchev–Trinajstić information content (AvgIpc) is 2.58. The molecule has 2 saturated heterocycles. The topological polar surface area (TPSA) is 6.48 Å². The molecule has 0 aromatic heterocycles. The summed E-state index contributed by atoms with van der Waals surface area (Å²) >= 11 is 0. The molecular weight excluding hydrogens is 243 g/mol. The Morgan fingerprint density at radius 1 is 1.12 bits per heavy atom. The summed E-state index contributed by atoms with van der Waals surface area (Å²) in [6.45, 7) is -1.40. The van der Waals surface area contributed by atoms with E-state index in [4.69, 9.17) is 0 Å². The van der Waals surface area contributed by atoms with Crippen molar-refractivity contribution in [1.82, 2.24) is 9.80 Å². The van der Waals surface area contributed by atoms with Gasteiger partial charge in [-0.3, -0.25) is 0 Å². The Balaban J connectivity index is 0.00000128. The van der Waals surface area contributed by atoms with Crippen LogP contribution in [0.4, 0.5) is 12.9 Å². The molecule has 0 aromatic rings. The van der Waals surface area contributed by atoms with Crippen molar-refractivity contribution < 1.29 is 64.3 Å². The summed E-state index contributed by atoms with van der Waals surface area (Å²) in [5.41, 5.74) is 0.163. The Morgan fingerprint density at radius 2 is 1.75 bits per heavy atom. The van der Waals surface area contributed by atoms with Crippen molar-refractivity contribution in [2.75, 3.05) is 39.7 Å². The molecular formula is C9H17BF3KN2. The van der Waals surface area contributed by atoms with Crippen LogP contribution in [-0.4, -0.2) is 56.4 Å². The monoisotopic (exact) mass is 260 g/mol. The zero-order valence-electron chi connectivity index (χ0n) is 10.1. The molecule has 1 atom stereocenters. The van der Waals surface area contributed by atoms with Gasteiger partial charge in [-0.15, -0.1) is 0 Å². The maximum Gasteiger partial charge on any atom is 1.00 e. The van der Waals surface area contributed by atoms with E-state index in [9.17, 15) is 12.9 Å². The molecule has 16 heavy (non-hydrogen) atoms. The maximum atomic E-state index is 12.3. The molecule has 0 bridgehead atoms. The van der Waals surface area contributed by atoms with Crippen molar-refractivity contribution in [3.8, 4) is 0 Å². The van der Waals surface area contributed by atoms with E-state index < -0.39 is 13.4 Å². The third kappa shape index (κ3) is 3.97. The zero-order valence-corrected chi connectivity index (χ0v) is 13.2. The Labute approximate surface area is 137 Å². The zero-order chi connectivity index (χ0) is 11.1. The van der Waals surface area contributed by atoms with Crippen LogP contribution in [-0.2, 0) is 0 Å². The average molecular weight is 260 g/mol. The Hall–Kier alpha value is 1.41. The second-order valence-electron chi connectivity index (χ2n) is 5.18. The van der Waals surface area contributed by atoms with Gasteiger partial charge in [0.25, 0.3) is 0 Å². The third-order valence-electron chi connectivity index (χ3n) is 3.61. The van der Waals surface area contributed by atoms with E-state index in [-0.39, 0.29) is 56.8 Å². The minimum absolute atomic E-state index is 0. The van der Waals surface area contributed by atoms with E-state index in [1.165, 1.54) is 0 Å². The normalized spacial score (nSPS) is 32.2. The van der Waals surface area contributed by atoms with E-state index in [0.29, 0.717) is 13.1 Å². The molecule has 2 aliphatic heterocycles. The van der Waals surface area contributed by atoms with E-state index in [0.717, 1.165) is 25.9 Å². The van der Waals surface area contributed by atoms with Crippen LogP contribution < -0.4 is 51.4 Å². The first-order valence-electron chi connectivity index (χ1n) is 5.51. The fraction of sp³-hybridized carbons (Fsp3) is 1.00. The van der Waals surface area contributed by atoms with Gasteiger partial charge in [0.15, 0.2) is 0 Å². The second kappa shape index (κ2) is 5.59. The van der Waals surface area contributed by atoms with E-state index >= 15 is 0 Å². The van der Waals surface area contributed by atoms with Gasteiger partial charge in [-0.25, -0.2) is 0 Å². The SMILES string of the molecule is CN1CCC2(CCN(C[B-](F)(F)F)C2)C1.[K+]. The summed E-state index contributed by atoms with van der Waals surface area (Å²) in [4.78, 5) is 3.81.